The fraction of sp³-hybridized carbons (Fsp3) is 0.273. The van der Waals surface area contributed by atoms with Gasteiger partial charge >= 0.3 is 5.97 Å². The normalized spacial score (nSPS) is 19.7. The average molecular weight is 300 g/mol. The smallest absolute Gasteiger partial charge is 0.308 e. The fourth-order valence-electron chi connectivity index (χ4n) is 1.86. The monoisotopic (exact) mass is 299 g/mol. The van der Waals surface area contributed by atoms with E-state index in [1.54, 1.807) is 12.1 Å². The topological polar surface area (TPSA) is 77.8 Å². The molecule has 1 heterocycles. The van der Waals surface area contributed by atoms with Gasteiger partial charge in [-0.1, -0.05) is 6.07 Å². The molecule has 1 unspecified atom stereocenters. The van der Waals surface area contributed by atoms with Crippen LogP contribution >= 0.6 is 15.9 Å². The zero-order valence-corrected chi connectivity index (χ0v) is 10.3. The number of carbonyl (C=O) groups is 2. The van der Waals surface area contributed by atoms with E-state index in [0.717, 1.165) is 0 Å². The molecule has 0 aliphatic carbocycles. The summed E-state index contributed by atoms with van der Waals surface area (Å²) in [6.45, 7) is 0.0876. The summed E-state index contributed by atoms with van der Waals surface area (Å²) < 4.78 is 0.567. The van der Waals surface area contributed by atoms with E-state index in [0.29, 0.717) is 10.2 Å². The Morgan fingerprint density at radius 1 is 1.47 bits per heavy atom. The molecule has 90 valence electrons. The first-order chi connectivity index (χ1) is 8.00. The molecule has 2 N–H and O–H groups in total. The van der Waals surface area contributed by atoms with Crippen molar-refractivity contribution in [3.05, 3.63) is 22.7 Å². The number of carbonyl (C=O) groups excluding carboxylic acids is 1. The summed E-state index contributed by atoms with van der Waals surface area (Å²) in [6.07, 6.45) is -0.0316. The Hall–Kier alpha value is -1.56. The highest BCUT2D eigenvalue weighted by atomic mass is 79.9. The van der Waals surface area contributed by atoms with Crippen LogP contribution in [0.2, 0.25) is 0 Å². The van der Waals surface area contributed by atoms with Gasteiger partial charge in [0.15, 0.2) is 0 Å². The van der Waals surface area contributed by atoms with E-state index in [2.05, 4.69) is 15.9 Å². The van der Waals surface area contributed by atoms with Crippen LogP contribution in [0.15, 0.2) is 22.7 Å². The minimum atomic E-state index is -0.993. The number of hydrogen-bond acceptors (Lipinski definition) is 3. The molecule has 0 bridgehead atoms. The molecule has 0 radical (unpaired) electrons. The van der Waals surface area contributed by atoms with Gasteiger partial charge in [-0.3, -0.25) is 9.59 Å². The minimum Gasteiger partial charge on any atom is -0.506 e. The Balaban J connectivity index is 2.35. The summed E-state index contributed by atoms with van der Waals surface area (Å²) in [5, 5.41) is 18.6. The van der Waals surface area contributed by atoms with E-state index < -0.39 is 11.9 Å². The first-order valence-electron chi connectivity index (χ1n) is 5.01. The number of nitrogens with zero attached hydrogens (tertiary/aromatic N) is 1. The molecule has 1 aromatic rings. The zero-order chi connectivity index (χ0) is 12.6. The van der Waals surface area contributed by atoms with Crippen LogP contribution in [-0.2, 0) is 9.59 Å². The van der Waals surface area contributed by atoms with Crippen molar-refractivity contribution in [2.45, 2.75) is 6.42 Å². The van der Waals surface area contributed by atoms with Gasteiger partial charge in [-0.2, -0.15) is 0 Å². The third kappa shape index (κ3) is 2.12. The SMILES string of the molecule is O=C(O)C1CC(=O)N(c2c(O)cccc2Br)C1. The minimum absolute atomic E-state index is 0.0316. The summed E-state index contributed by atoms with van der Waals surface area (Å²) in [5.74, 6) is -2.04. The number of phenols is 1. The molecule has 2 rings (SSSR count). The summed E-state index contributed by atoms with van der Waals surface area (Å²) in [4.78, 5) is 23.9. The number of amides is 1. The summed E-state index contributed by atoms with van der Waals surface area (Å²) >= 11 is 3.24. The van der Waals surface area contributed by atoms with Gasteiger partial charge in [-0.25, -0.2) is 0 Å². The number of phenolic OH excluding ortho intramolecular Hbond substituents is 1. The Bertz CT molecular complexity index is 468. The number of aromatic hydroxyl groups is 1. The van der Waals surface area contributed by atoms with Crippen molar-refractivity contribution in [1.82, 2.24) is 0 Å². The molecule has 0 aromatic heterocycles. The Morgan fingerprint density at radius 2 is 2.18 bits per heavy atom. The third-order valence-corrected chi connectivity index (χ3v) is 3.35. The van der Waals surface area contributed by atoms with Gasteiger partial charge in [-0.05, 0) is 28.1 Å². The number of para-hydroxylation sites is 1. The molecule has 1 fully saturated rings. The van der Waals surface area contributed by atoms with Gasteiger partial charge < -0.3 is 15.1 Å². The maximum Gasteiger partial charge on any atom is 0.308 e. The lowest BCUT2D eigenvalue weighted by atomic mass is 10.1. The molecule has 0 spiro atoms. The number of rotatable bonds is 2. The van der Waals surface area contributed by atoms with Crippen LogP contribution in [0.25, 0.3) is 0 Å². The van der Waals surface area contributed by atoms with E-state index in [1.807, 2.05) is 0 Å². The van der Waals surface area contributed by atoms with Crippen molar-refractivity contribution in [2.24, 2.45) is 5.92 Å². The van der Waals surface area contributed by atoms with Crippen LogP contribution in [0.3, 0.4) is 0 Å². The largest absolute Gasteiger partial charge is 0.506 e. The lowest BCUT2D eigenvalue weighted by Gasteiger charge is -2.18. The Morgan fingerprint density at radius 3 is 2.71 bits per heavy atom. The lowest BCUT2D eigenvalue weighted by molar-refractivity contribution is -0.141. The number of carboxylic acids is 1. The predicted octanol–water partition coefficient (Wildman–Crippen LogP) is 1.59. The van der Waals surface area contributed by atoms with Crippen molar-refractivity contribution in [3.63, 3.8) is 0 Å². The Kier molecular flexibility index (Phi) is 3.06. The van der Waals surface area contributed by atoms with Gasteiger partial charge in [0.1, 0.15) is 11.4 Å². The molecular formula is C11H10BrNO4. The average Bonchev–Trinajstić information content (AvgIpc) is 2.61. The van der Waals surface area contributed by atoms with Gasteiger partial charge in [0, 0.05) is 17.4 Å². The van der Waals surface area contributed by atoms with Crippen molar-refractivity contribution in [3.8, 4) is 5.75 Å². The number of anilines is 1. The predicted molar refractivity (Wildman–Crippen MR) is 63.9 cm³/mol. The highest BCUT2D eigenvalue weighted by molar-refractivity contribution is 9.10. The summed E-state index contributed by atoms with van der Waals surface area (Å²) in [5.41, 5.74) is 0.334. The molecule has 1 aliphatic heterocycles. The molecule has 0 saturated carbocycles. The first kappa shape index (κ1) is 11.9. The summed E-state index contributed by atoms with van der Waals surface area (Å²) in [7, 11) is 0. The maximum atomic E-state index is 11.7. The standard InChI is InChI=1S/C11H10BrNO4/c12-7-2-1-3-8(14)10(7)13-5-6(11(16)17)4-9(13)15/h1-3,6,14H,4-5H2,(H,16,17). The second kappa shape index (κ2) is 4.37. The molecule has 5 nitrogen and oxygen atoms in total. The van der Waals surface area contributed by atoms with Crippen LogP contribution in [0, 0.1) is 5.92 Å². The number of benzene rings is 1. The van der Waals surface area contributed by atoms with E-state index >= 15 is 0 Å². The van der Waals surface area contributed by atoms with E-state index in [9.17, 15) is 14.7 Å². The number of aliphatic carboxylic acids is 1. The van der Waals surface area contributed by atoms with Crippen LogP contribution in [0.5, 0.6) is 5.75 Å². The van der Waals surface area contributed by atoms with Crippen LogP contribution in [-0.4, -0.2) is 28.6 Å². The lowest BCUT2D eigenvalue weighted by Crippen LogP contribution is -2.26. The van der Waals surface area contributed by atoms with Crippen LogP contribution in [0.1, 0.15) is 6.42 Å². The molecule has 1 amide bonds. The maximum absolute atomic E-state index is 11.7. The van der Waals surface area contributed by atoms with E-state index in [-0.39, 0.29) is 24.6 Å². The van der Waals surface area contributed by atoms with Crippen molar-refractivity contribution in [1.29, 1.82) is 0 Å². The third-order valence-electron chi connectivity index (χ3n) is 2.71. The van der Waals surface area contributed by atoms with E-state index in [4.69, 9.17) is 5.11 Å². The number of hydrogen-bond donors (Lipinski definition) is 2. The highest BCUT2D eigenvalue weighted by Crippen LogP contribution is 2.38. The molecule has 1 saturated heterocycles. The van der Waals surface area contributed by atoms with Crippen molar-refractivity contribution < 1.29 is 19.8 Å². The van der Waals surface area contributed by atoms with Crippen molar-refractivity contribution >= 4 is 33.5 Å². The van der Waals surface area contributed by atoms with Gasteiger partial charge in [-0.15, -0.1) is 0 Å². The van der Waals surface area contributed by atoms with Gasteiger partial charge in [0.05, 0.1) is 5.92 Å². The molecule has 1 aliphatic rings. The van der Waals surface area contributed by atoms with Gasteiger partial charge in [0.2, 0.25) is 5.91 Å². The van der Waals surface area contributed by atoms with Crippen LogP contribution < -0.4 is 4.90 Å². The molecular weight excluding hydrogens is 290 g/mol. The summed E-state index contributed by atoms with van der Waals surface area (Å²) in [6, 6.07) is 4.79. The second-order valence-corrected chi connectivity index (χ2v) is 4.71. The van der Waals surface area contributed by atoms with Gasteiger partial charge in [0.25, 0.3) is 0 Å². The second-order valence-electron chi connectivity index (χ2n) is 3.85. The zero-order valence-electron chi connectivity index (χ0n) is 8.76. The Labute approximate surface area is 106 Å². The molecule has 6 heteroatoms. The van der Waals surface area contributed by atoms with Crippen molar-refractivity contribution in [2.75, 3.05) is 11.4 Å². The first-order valence-corrected chi connectivity index (χ1v) is 5.80. The fourth-order valence-corrected chi connectivity index (χ4v) is 2.43. The molecule has 17 heavy (non-hydrogen) atoms. The molecule has 1 atom stereocenters. The number of halogens is 1. The number of carboxylic acid groups (broad SMARTS) is 1. The quantitative estimate of drug-likeness (QED) is 0.869. The van der Waals surface area contributed by atoms with E-state index in [1.165, 1.54) is 11.0 Å². The molecule has 1 aromatic carbocycles. The van der Waals surface area contributed by atoms with Crippen LogP contribution in [0.4, 0.5) is 5.69 Å². The highest BCUT2D eigenvalue weighted by Gasteiger charge is 2.36.